The number of benzene rings is 1. The minimum absolute atomic E-state index is 0.121. The molecule has 1 aliphatic heterocycles. The number of fused-ring (bicyclic) bond motifs is 1. The van der Waals surface area contributed by atoms with Crippen LogP contribution < -0.4 is 0 Å². The van der Waals surface area contributed by atoms with Gasteiger partial charge in [-0.15, -0.1) is 0 Å². The van der Waals surface area contributed by atoms with Crippen molar-refractivity contribution in [1.29, 1.82) is 0 Å². The second-order valence-corrected chi connectivity index (χ2v) is 8.31. The van der Waals surface area contributed by atoms with Crippen LogP contribution in [0.1, 0.15) is 32.5 Å². The molecule has 30 heavy (non-hydrogen) atoms. The number of hydrogen-bond acceptors (Lipinski definition) is 6. The number of halogens is 3. The van der Waals surface area contributed by atoms with Crippen molar-refractivity contribution in [2.75, 3.05) is 19.7 Å². The van der Waals surface area contributed by atoms with Gasteiger partial charge in [-0.3, -0.25) is 9.59 Å². The van der Waals surface area contributed by atoms with E-state index in [0.29, 0.717) is 37.9 Å². The second-order valence-electron chi connectivity index (χ2n) is 6.98. The summed E-state index contributed by atoms with van der Waals surface area (Å²) in [5.74, 6) is -1.89. The zero-order chi connectivity index (χ0) is 21.9. The summed E-state index contributed by atoms with van der Waals surface area (Å²) >= 11 is 0.986. The van der Waals surface area contributed by atoms with Crippen molar-refractivity contribution in [2.45, 2.75) is 43.1 Å². The Bertz CT molecular complexity index is 930. The number of carbonyl (C=O) groups excluding carboxylic acids is 2. The molecule has 1 aromatic heterocycles. The lowest BCUT2D eigenvalue weighted by atomic mass is 9.97. The Morgan fingerprint density at radius 2 is 1.90 bits per heavy atom. The molecule has 1 fully saturated rings. The number of aromatic nitrogens is 2. The largest absolute Gasteiger partial charge is 0.466 e. The number of amides is 1. The normalized spacial score (nSPS) is 16.5. The lowest BCUT2D eigenvalue weighted by molar-refractivity contribution is -0.151. The molecule has 10 heteroatoms. The molecule has 1 aromatic carbocycles. The number of nitrogens with zero attached hydrogens (tertiary/aromatic N) is 3. The zero-order valence-electron chi connectivity index (χ0n) is 16.6. The molecule has 0 bridgehead atoms. The van der Waals surface area contributed by atoms with E-state index in [0.717, 1.165) is 11.8 Å². The van der Waals surface area contributed by atoms with Gasteiger partial charge in [0.05, 0.1) is 23.3 Å². The number of likely N-dealkylation sites (tertiary alicyclic amines) is 1. The van der Waals surface area contributed by atoms with Gasteiger partial charge in [0, 0.05) is 18.5 Å². The van der Waals surface area contributed by atoms with Crippen LogP contribution in [-0.4, -0.2) is 51.7 Å². The van der Waals surface area contributed by atoms with E-state index in [1.165, 1.54) is 6.07 Å². The van der Waals surface area contributed by atoms with Gasteiger partial charge in [0.25, 0.3) is 0 Å². The number of thioether (sulfide) groups is 1. The maximum absolute atomic E-state index is 13.2. The second kappa shape index (κ2) is 9.20. The molecule has 2 heterocycles. The fourth-order valence-corrected chi connectivity index (χ4v) is 4.36. The molecular weight excluding hydrogens is 419 g/mol. The Labute approximate surface area is 176 Å². The average Bonchev–Trinajstić information content (AvgIpc) is 2.72. The molecule has 0 unspecified atom stereocenters. The fourth-order valence-electron chi connectivity index (χ4n) is 3.33. The summed E-state index contributed by atoms with van der Waals surface area (Å²) in [5.41, 5.74) is 0.178. The number of hydrogen-bond donors (Lipinski definition) is 0. The molecule has 0 N–H and O–H groups in total. The topological polar surface area (TPSA) is 72.4 Å². The number of esters is 1. The lowest BCUT2D eigenvalue weighted by Crippen LogP contribution is -2.43. The standard InChI is InChI=1S/C20H22F3N3O3S/c1-3-29-18(28)13-8-10-26(11-9-13)17(27)12(2)30-16-14-6-4-5-7-15(14)24-19(25-16)20(21,22)23/h4-7,12-13H,3,8-11H2,1-2H3/t12-/m0/s1. The summed E-state index contributed by atoms with van der Waals surface area (Å²) in [6.45, 7) is 4.53. The Hall–Kier alpha value is -2.36. The van der Waals surface area contributed by atoms with Gasteiger partial charge in [-0.25, -0.2) is 9.97 Å². The number of piperidine rings is 1. The molecule has 1 aliphatic rings. The van der Waals surface area contributed by atoms with Gasteiger partial charge in [-0.05, 0) is 32.8 Å². The van der Waals surface area contributed by atoms with Crippen LogP contribution in [-0.2, 0) is 20.5 Å². The van der Waals surface area contributed by atoms with E-state index in [4.69, 9.17) is 4.74 Å². The van der Waals surface area contributed by atoms with E-state index in [2.05, 4.69) is 9.97 Å². The fraction of sp³-hybridized carbons (Fsp3) is 0.500. The molecule has 1 saturated heterocycles. The smallest absolute Gasteiger partial charge is 0.451 e. The van der Waals surface area contributed by atoms with Crippen LogP contribution in [0, 0.1) is 5.92 Å². The van der Waals surface area contributed by atoms with E-state index >= 15 is 0 Å². The van der Waals surface area contributed by atoms with Crippen molar-refractivity contribution in [3.05, 3.63) is 30.1 Å². The van der Waals surface area contributed by atoms with Crippen molar-refractivity contribution in [3.8, 4) is 0 Å². The first-order valence-electron chi connectivity index (χ1n) is 9.66. The molecule has 1 amide bonds. The van der Waals surface area contributed by atoms with Gasteiger partial charge in [0.15, 0.2) is 0 Å². The number of rotatable bonds is 5. The van der Waals surface area contributed by atoms with Gasteiger partial charge < -0.3 is 9.64 Å². The minimum atomic E-state index is -4.68. The maximum atomic E-state index is 13.2. The Kier molecular flexibility index (Phi) is 6.84. The van der Waals surface area contributed by atoms with Crippen LogP contribution in [0.15, 0.2) is 29.3 Å². The Morgan fingerprint density at radius 3 is 2.53 bits per heavy atom. The highest BCUT2D eigenvalue weighted by molar-refractivity contribution is 8.00. The summed E-state index contributed by atoms with van der Waals surface area (Å²) in [4.78, 5) is 33.6. The highest BCUT2D eigenvalue weighted by atomic mass is 32.2. The molecule has 162 valence electrons. The molecule has 0 aliphatic carbocycles. The first kappa shape index (κ1) is 22.3. The summed E-state index contributed by atoms with van der Waals surface area (Å²) < 4.78 is 44.6. The van der Waals surface area contributed by atoms with Gasteiger partial charge >= 0.3 is 12.1 Å². The zero-order valence-corrected chi connectivity index (χ0v) is 17.4. The van der Waals surface area contributed by atoms with Crippen LogP contribution in [0.4, 0.5) is 13.2 Å². The van der Waals surface area contributed by atoms with Crippen LogP contribution in [0.25, 0.3) is 10.9 Å². The van der Waals surface area contributed by atoms with E-state index in [-0.39, 0.29) is 28.3 Å². The van der Waals surface area contributed by atoms with Gasteiger partial charge in [0.1, 0.15) is 5.03 Å². The van der Waals surface area contributed by atoms with Crippen LogP contribution >= 0.6 is 11.8 Å². The van der Waals surface area contributed by atoms with Crippen LogP contribution in [0.5, 0.6) is 0 Å². The molecule has 3 rings (SSSR count). The lowest BCUT2D eigenvalue weighted by Gasteiger charge is -2.32. The number of para-hydroxylation sites is 1. The highest BCUT2D eigenvalue weighted by Gasteiger charge is 2.36. The van der Waals surface area contributed by atoms with Crippen molar-refractivity contribution >= 4 is 34.5 Å². The quantitative estimate of drug-likeness (QED) is 0.398. The van der Waals surface area contributed by atoms with Crippen LogP contribution in [0.3, 0.4) is 0 Å². The molecular formula is C20H22F3N3O3S. The molecule has 0 saturated carbocycles. The van der Waals surface area contributed by atoms with Gasteiger partial charge in [0.2, 0.25) is 11.7 Å². The number of alkyl halides is 3. The third-order valence-electron chi connectivity index (χ3n) is 4.88. The molecule has 1 atom stereocenters. The monoisotopic (exact) mass is 441 g/mol. The summed E-state index contributed by atoms with van der Waals surface area (Å²) in [7, 11) is 0. The van der Waals surface area contributed by atoms with Crippen LogP contribution in [0.2, 0.25) is 0 Å². The van der Waals surface area contributed by atoms with Gasteiger partial charge in [-0.2, -0.15) is 13.2 Å². The van der Waals surface area contributed by atoms with Gasteiger partial charge in [-0.1, -0.05) is 30.0 Å². The first-order valence-corrected chi connectivity index (χ1v) is 10.5. The Balaban J connectivity index is 1.73. The number of ether oxygens (including phenoxy) is 1. The molecule has 2 aromatic rings. The van der Waals surface area contributed by atoms with E-state index in [1.807, 2.05) is 0 Å². The summed E-state index contributed by atoms with van der Waals surface area (Å²) in [6.07, 6.45) is -3.66. The van der Waals surface area contributed by atoms with Crippen molar-refractivity contribution in [1.82, 2.24) is 14.9 Å². The predicted molar refractivity (Wildman–Crippen MR) is 106 cm³/mol. The third-order valence-corrected chi connectivity index (χ3v) is 5.97. The SMILES string of the molecule is CCOC(=O)C1CCN(C(=O)[C@H](C)Sc2nc(C(F)(F)F)nc3ccccc23)CC1. The first-order chi connectivity index (χ1) is 14.2. The molecule has 6 nitrogen and oxygen atoms in total. The Morgan fingerprint density at radius 1 is 1.23 bits per heavy atom. The van der Waals surface area contributed by atoms with Crippen molar-refractivity contribution < 1.29 is 27.5 Å². The maximum Gasteiger partial charge on any atom is 0.451 e. The van der Waals surface area contributed by atoms with E-state index in [9.17, 15) is 22.8 Å². The molecule has 0 spiro atoms. The van der Waals surface area contributed by atoms with Crippen molar-refractivity contribution in [3.63, 3.8) is 0 Å². The summed E-state index contributed by atoms with van der Waals surface area (Å²) in [5, 5.41) is -0.0464. The average molecular weight is 441 g/mol. The van der Waals surface area contributed by atoms with E-state index in [1.54, 1.807) is 36.9 Å². The molecule has 0 radical (unpaired) electrons. The van der Waals surface area contributed by atoms with Crippen molar-refractivity contribution in [2.24, 2.45) is 5.92 Å². The minimum Gasteiger partial charge on any atom is -0.466 e. The van der Waals surface area contributed by atoms with E-state index < -0.39 is 17.3 Å². The predicted octanol–water partition coefficient (Wildman–Crippen LogP) is 3.93. The summed E-state index contributed by atoms with van der Waals surface area (Å²) in [6, 6.07) is 6.42. The highest BCUT2D eigenvalue weighted by Crippen LogP contribution is 2.34. The number of carbonyl (C=O) groups is 2. The third kappa shape index (κ3) is 5.03.